The molecule has 0 amide bonds. The van der Waals surface area contributed by atoms with Crippen LogP contribution in [0.3, 0.4) is 0 Å². The van der Waals surface area contributed by atoms with Gasteiger partial charge in [0.05, 0.1) is 25.2 Å². The van der Waals surface area contributed by atoms with Gasteiger partial charge in [0.15, 0.2) is 5.78 Å². The lowest BCUT2D eigenvalue weighted by Crippen LogP contribution is -2.21. The SMILES string of the molecule is CCOC(=O)C(=O)OCCc1cc(OC)c2c(c1)C(=O)CCS2. The van der Waals surface area contributed by atoms with Crippen LogP contribution in [0, 0.1) is 0 Å². The lowest BCUT2D eigenvalue weighted by Gasteiger charge is -2.18. The number of hydrogen-bond donors (Lipinski definition) is 0. The minimum absolute atomic E-state index is 0.0287. The van der Waals surface area contributed by atoms with Crippen LogP contribution in [0.2, 0.25) is 0 Å². The maximum absolute atomic E-state index is 12.0. The van der Waals surface area contributed by atoms with E-state index in [1.807, 2.05) is 6.07 Å². The fraction of sp³-hybridized carbons (Fsp3) is 0.438. The maximum atomic E-state index is 12.0. The van der Waals surface area contributed by atoms with E-state index in [1.165, 1.54) is 0 Å². The minimum Gasteiger partial charge on any atom is -0.496 e. The molecular weight excluding hydrogens is 320 g/mol. The van der Waals surface area contributed by atoms with Crippen LogP contribution in [-0.2, 0) is 25.5 Å². The van der Waals surface area contributed by atoms with Crippen molar-refractivity contribution in [1.29, 1.82) is 0 Å². The Kier molecular flexibility index (Phi) is 6.04. The van der Waals surface area contributed by atoms with Crippen LogP contribution in [0.5, 0.6) is 5.75 Å². The molecule has 1 aliphatic rings. The van der Waals surface area contributed by atoms with Crippen LogP contribution in [0.4, 0.5) is 0 Å². The lowest BCUT2D eigenvalue weighted by atomic mass is 10.0. The minimum atomic E-state index is -1.01. The number of esters is 2. The number of hydrogen-bond acceptors (Lipinski definition) is 7. The molecule has 0 aromatic heterocycles. The Morgan fingerprint density at radius 2 is 1.96 bits per heavy atom. The Morgan fingerprint density at radius 1 is 1.22 bits per heavy atom. The Hall–Kier alpha value is -2.02. The van der Waals surface area contributed by atoms with Gasteiger partial charge in [-0.05, 0) is 24.6 Å². The van der Waals surface area contributed by atoms with E-state index in [0.29, 0.717) is 24.2 Å². The average Bonchev–Trinajstić information content (AvgIpc) is 2.55. The molecule has 2 rings (SSSR count). The molecule has 0 saturated carbocycles. The van der Waals surface area contributed by atoms with E-state index in [0.717, 1.165) is 16.2 Å². The summed E-state index contributed by atoms with van der Waals surface area (Å²) in [7, 11) is 1.56. The molecule has 124 valence electrons. The number of thioether (sulfide) groups is 1. The number of ketones is 1. The quantitative estimate of drug-likeness (QED) is 0.600. The molecule has 0 spiro atoms. The predicted molar refractivity (Wildman–Crippen MR) is 84.0 cm³/mol. The number of carbonyl (C=O) groups excluding carboxylic acids is 3. The molecule has 0 radical (unpaired) electrons. The predicted octanol–water partition coefficient (Wildman–Crippen LogP) is 2.02. The zero-order valence-electron chi connectivity index (χ0n) is 13.0. The molecule has 23 heavy (non-hydrogen) atoms. The molecule has 0 bridgehead atoms. The number of rotatable bonds is 5. The van der Waals surface area contributed by atoms with E-state index in [-0.39, 0.29) is 19.0 Å². The fourth-order valence-corrected chi connectivity index (χ4v) is 3.31. The summed E-state index contributed by atoms with van der Waals surface area (Å²) in [6.45, 7) is 1.76. The van der Waals surface area contributed by atoms with Crippen molar-refractivity contribution in [3.05, 3.63) is 23.3 Å². The van der Waals surface area contributed by atoms with Gasteiger partial charge in [0.1, 0.15) is 5.75 Å². The molecule has 0 saturated heterocycles. The number of carbonyl (C=O) groups is 3. The molecule has 0 unspecified atom stereocenters. The van der Waals surface area contributed by atoms with Gasteiger partial charge in [0.25, 0.3) is 0 Å². The van der Waals surface area contributed by atoms with Crippen LogP contribution in [0.25, 0.3) is 0 Å². The van der Waals surface area contributed by atoms with Crippen LogP contribution in [0.1, 0.15) is 29.3 Å². The van der Waals surface area contributed by atoms with Crippen LogP contribution in [-0.4, -0.2) is 43.8 Å². The summed E-state index contributed by atoms with van der Waals surface area (Å²) in [4.78, 5) is 35.4. The van der Waals surface area contributed by atoms with E-state index in [9.17, 15) is 14.4 Å². The molecule has 0 N–H and O–H groups in total. The van der Waals surface area contributed by atoms with E-state index < -0.39 is 11.9 Å². The third kappa shape index (κ3) is 4.25. The van der Waals surface area contributed by atoms with Gasteiger partial charge in [-0.15, -0.1) is 11.8 Å². The van der Waals surface area contributed by atoms with Crippen LogP contribution < -0.4 is 4.74 Å². The molecule has 1 heterocycles. The van der Waals surface area contributed by atoms with Crippen molar-refractivity contribution in [2.45, 2.75) is 24.7 Å². The summed E-state index contributed by atoms with van der Waals surface area (Å²) < 4.78 is 14.8. The van der Waals surface area contributed by atoms with Gasteiger partial charge in [0.2, 0.25) is 0 Å². The van der Waals surface area contributed by atoms with E-state index in [1.54, 1.807) is 31.9 Å². The Bertz CT molecular complexity index is 625. The van der Waals surface area contributed by atoms with Crippen molar-refractivity contribution in [1.82, 2.24) is 0 Å². The average molecular weight is 338 g/mol. The highest BCUT2D eigenvalue weighted by atomic mass is 32.2. The van der Waals surface area contributed by atoms with Crippen molar-refractivity contribution >= 4 is 29.5 Å². The van der Waals surface area contributed by atoms with Gasteiger partial charge in [0, 0.05) is 24.2 Å². The van der Waals surface area contributed by atoms with Crippen LogP contribution >= 0.6 is 11.8 Å². The molecule has 1 aromatic rings. The summed E-state index contributed by atoms with van der Waals surface area (Å²) in [5.74, 6) is -0.529. The van der Waals surface area contributed by atoms with E-state index >= 15 is 0 Å². The topological polar surface area (TPSA) is 78.9 Å². The number of Topliss-reactive ketones (excluding diaryl/α,β-unsaturated/α-hetero) is 1. The normalized spacial score (nSPS) is 13.2. The third-order valence-corrected chi connectivity index (χ3v) is 4.39. The van der Waals surface area contributed by atoms with E-state index in [4.69, 9.17) is 9.47 Å². The summed E-state index contributed by atoms with van der Waals surface area (Å²) in [5.41, 5.74) is 1.46. The van der Waals surface area contributed by atoms with Gasteiger partial charge in [-0.2, -0.15) is 0 Å². The largest absolute Gasteiger partial charge is 0.496 e. The van der Waals surface area contributed by atoms with Crippen molar-refractivity contribution in [3.63, 3.8) is 0 Å². The molecule has 7 heteroatoms. The number of benzene rings is 1. The molecular formula is C16H18O6S. The highest BCUT2D eigenvalue weighted by Crippen LogP contribution is 2.38. The van der Waals surface area contributed by atoms with Crippen molar-refractivity contribution in [2.24, 2.45) is 0 Å². The summed E-state index contributed by atoms with van der Waals surface area (Å²) in [5, 5.41) is 0. The van der Waals surface area contributed by atoms with Gasteiger partial charge in [-0.25, -0.2) is 9.59 Å². The number of ether oxygens (including phenoxy) is 3. The van der Waals surface area contributed by atoms with Gasteiger partial charge in [-0.3, -0.25) is 4.79 Å². The second-order valence-corrected chi connectivity index (χ2v) is 5.91. The third-order valence-electron chi connectivity index (χ3n) is 3.28. The van der Waals surface area contributed by atoms with Crippen LogP contribution in [0.15, 0.2) is 17.0 Å². The molecule has 1 aromatic carbocycles. The highest BCUT2D eigenvalue weighted by Gasteiger charge is 2.22. The maximum Gasteiger partial charge on any atom is 0.417 e. The standard InChI is InChI=1S/C16H18O6S/c1-3-21-15(18)16(19)22-6-4-10-8-11-12(17)5-7-23-14(11)13(9-10)20-2/h8-9H,3-7H2,1-2H3. The van der Waals surface area contributed by atoms with Crippen molar-refractivity contribution in [3.8, 4) is 5.75 Å². The fourth-order valence-electron chi connectivity index (χ4n) is 2.20. The Balaban J connectivity index is 2.03. The number of methoxy groups -OCH3 is 1. The molecule has 0 atom stereocenters. The zero-order chi connectivity index (χ0) is 16.8. The van der Waals surface area contributed by atoms with Crippen molar-refractivity contribution < 1.29 is 28.6 Å². The second-order valence-electron chi connectivity index (χ2n) is 4.80. The lowest BCUT2D eigenvalue weighted by molar-refractivity contribution is -0.167. The first-order valence-corrected chi connectivity index (χ1v) is 8.26. The molecule has 1 aliphatic heterocycles. The molecule has 6 nitrogen and oxygen atoms in total. The Labute approximate surface area is 138 Å². The van der Waals surface area contributed by atoms with Gasteiger partial charge in [-0.1, -0.05) is 0 Å². The van der Waals surface area contributed by atoms with Gasteiger partial charge < -0.3 is 14.2 Å². The molecule has 0 fully saturated rings. The second kappa shape index (κ2) is 8.01. The highest BCUT2D eigenvalue weighted by molar-refractivity contribution is 7.99. The zero-order valence-corrected chi connectivity index (χ0v) is 13.9. The smallest absolute Gasteiger partial charge is 0.417 e. The summed E-state index contributed by atoms with van der Waals surface area (Å²) in [6.07, 6.45) is 0.884. The Morgan fingerprint density at radius 3 is 2.65 bits per heavy atom. The first-order valence-electron chi connectivity index (χ1n) is 7.27. The monoisotopic (exact) mass is 338 g/mol. The van der Waals surface area contributed by atoms with Gasteiger partial charge >= 0.3 is 11.9 Å². The summed E-state index contributed by atoms with van der Waals surface area (Å²) >= 11 is 1.60. The molecule has 0 aliphatic carbocycles. The first kappa shape index (κ1) is 17.3. The van der Waals surface area contributed by atoms with Crippen molar-refractivity contribution in [2.75, 3.05) is 26.1 Å². The number of fused-ring (bicyclic) bond motifs is 1. The summed E-state index contributed by atoms with van der Waals surface area (Å²) in [6, 6.07) is 3.62. The first-order chi connectivity index (χ1) is 11.1. The van der Waals surface area contributed by atoms with E-state index in [2.05, 4.69) is 4.74 Å².